The quantitative estimate of drug-likeness (QED) is 0.884. The summed E-state index contributed by atoms with van der Waals surface area (Å²) in [5, 5.41) is 9.76. The lowest BCUT2D eigenvalue weighted by Crippen LogP contribution is -2.34. The van der Waals surface area contributed by atoms with Crippen LogP contribution in [-0.2, 0) is 17.8 Å². The molecule has 6 heteroatoms. The summed E-state index contributed by atoms with van der Waals surface area (Å²) in [5.74, 6) is -2.87. The first-order chi connectivity index (χ1) is 11.0. The van der Waals surface area contributed by atoms with Crippen molar-refractivity contribution in [2.75, 3.05) is 13.1 Å². The molecule has 1 aliphatic rings. The predicted molar refractivity (Wildman–Crippen MR) is 84.0 cm³/mol. The maximum absolute atomic E-state index is 13.6. The molecule has 1 N–H and O–H groups in total. The molecule has 2 heterocycles. The Morgan fingerprint density at radius 1 is 1.35 bits per heavy atom. The Bertz CT molecular complexity index is 782. The molecule has 1 aliphatic heterocycles. The van der Waals surface area contributed by atoms with E-state index in [0.717, 1.165) is 31.5 Å². The molecule has 0 spiro atoms. The molecule has 0 fully saturated rings. The molecule has 5 nitrogen and oxygen atoms in total. The van der Waals surface area contributed by atoms with Crippen molar-refractivity contribution in [3.8, 4) is 0 Å². The summed E-state index contributed by atoms with van der Waals surface area (Å²) < 4.78 is 14.8. The first-order valence-electron chi connectivity index (χ1n) is 7.84. The van der Waals surface area contributed by atoms with Gasteiger partial charge < -0.3 is 5.11 Å². The number of carboxylic acid groups (broad SMARTS) is 1. The van der Waals surface area contributed by atoms with Gasteiger partial charge in [0.15, 0.2) is 0 Å². The molecule has 2 aromatic rings. The summed E-state index contributed by atoms with van der Waals surface area (Å²) in [5.41, 5.74) is 2.04. The molecule has 0 aliphatic carbocycles. The number of aliphatic carboxylic acids is 1. The Balaban J connectivity index is 2.13. The summed E-state index contributed by atoms with van der Waals surface area (Å²) in [4.78, 5) is 25.6. The molecule has 0 unspecified atom stereocenters. The van der Waals surface area contributed by atoms with E-state index in [4.69, 9.17) is 5.11 Å². The lowest BCUT2D eigenvalue weighted by molar-refractivity contribution is -0.132. The number of hydrogen-bond acceptors (Lipinski definition) is 3. The third-order valence-corrected chi connectivity index (χ3v) is 4.41. The second-order valence-electron chi connectivity index (χ2n) is 5.91. The molecule has 1 aromatic carbocycles. The van der Waals surface area contributed by atoms with Crippen molar-refractivity contribution in [1.82, 2.24) is 9.47 Å². The van der Waals surface area contributed by atoms with Crippen LogP contribution in [0.3, 0.4) is 0 Å². The highest BCUT2D eigenvalue weighted by molar-refractivity contribution is 6.34. The number of carbonyl (C=O) groups is 2. The third kappa shape index (κ3) is 2.74. The van der Waals surface area contributed by atoms with Crippen LogP contribution < -0.4 is 0 Å². The summed E-state index contributed by atoms with van der Waals surface area (Å²) in [7, 11) is 0. The van der Waals surface area contributed by atoms with Crippen molar-refractivity contribution in [1.29, 1.82) is 0 Å². The molecule has 0 atom stereocenters. The fourth-order valence-electron chi connectivity index (χ4n) is 3.29. The highest BCUT2D eigenvalue weighted by Gasteiger charge is 2.29. The van der Waals surface area contributed by atoms with Gasteiger partial charge in [-0.3, -0.25) is 14.3 Å². The third-order valence-electron chi connectivity index (χ3n) is 4.41. The molecule has 1 aromatic heterocycles. The average Bonchev–Trinajstić information content (AvgIpc) is 2.84. The van der Waals surface area contributed by atoms with Gasteiger partial charge in [-0.15, -0.1) is 0 Å². The molecule has 0 saturated carbocycles. The maximum atomic E-state index is 13.6. The van der Waals surface area contributed by atoms with Crippen LogP contribution >= 0.6 is 0 Å². The second kappa shape index (κ2) is 6.12. The standard InChI is InChI=1S/C17H19FN2O3/c1-2-3-7-19-8-6-12-13-9-11(18)4-5-14(13)20(15(12)10-19)16(21)17(22)23/h4-5,9H,2-3,6-8,10H2,1H3,(H,22,23). The van der Waals surface area contributed by atoms with Gasteiger partial charge in [0.2, 0.25) is 0 Å². The Morgan fingerprint density at radius 2 is 2.13 bits per heavy atom. The molecule has 0 saturated heterocycles. The zero-order valence-electron chi connectivity index (χ0n) is 13.0. The number of carbonyl (C=O) groups excluding carboxylic acids is 1. The number of hydrogen-bond donors (Lipinski definition) is 1. The van der Waals surface area contributed by atoms with E-state index in [1.54, 1.807) is 0 Å². The Labute approximate surface area is 133 Å². The zero-order chi connectivity index (χ0) is 16.6. The minimum absolute atomic E-state index is 0.381. The fourth-order valence-corrected chi connectivity index (χ4v) is 3.29. The number of halogens is 1. The first kappa shape index (κ1) is 15.7. The van der Waals surface area contributed by atoms with Gasteiger partial charge in [-0.05, 0) is 43.1 Å². The van der Waals surface area contributed by atoms with Gasteiger partial charge in [-0.2, -0.15) is 0 Å². The topological polar surface area (TPSA) is 62.5 Å². The van der Waals surface area contributed by atoms with Crippen LogP contribution in [0.2, 0.25) is 0 Å². The summed E-state index contributed by atoms with van der Waals surface area (Å²) in [6.07, 6.45) is 2.82. The van der Waals surface area contributed by atoms with E-state index >= 15 is 0 Å². The van der Waals surface area contributed by atoms with Gasteiger partial charge in [-0.25, -0.2) is 9.18 Å². The summed E-state index contributed by atoms with van der Waals surface area (Å²) in [6.45, 7) is 4.38. The molecular formula is C17H19FN2O3. The van der Waals surface area contributed by atoms with Gasteiger partial charge in [0.25, 0.3) is 0 Å². The Hall–Kier alpha value is -2.21. The van der Waals surface area contributed by atoms with Crippen molar-refractivity contribution >= 4 is 22.8 Å². The van der Waals surface area contributed by atoms with Gasteiger partial charge in [0.05, 0.1) is 5.52 Å². The average molecular weight is 318 g/mol. The normalized spacial score (nSPS) is 14.9. The Kier molecular flexibility index (Phi) is 4.17. The highest BCUT2D eigenvalue weighted by Crippen LogP contribution is 2.31. The maximum Gasteiger partial charge on any atom is 0.395 e. The predicted octanol–water partition coefficient (Wildman–Crippen LogP) is 2.66. The van der Waals surface area contributed by atoms with Crippen LogP contribution in [0, 0.1) is 5.82 Å². The van der Waals surface area contributed by atoms with Crippen LogP contribution in [0.25, 0.3) is 10.9 Å². The highest BCUT2D eigenvalue weighted by atomic mass is 19.1. The molecular weight excluding hydrogens is 299 g/mol. The number of benzene rings is 1. The van der Waals surface area contributed by atoms with Crippen LogP contribution in [0.1, 0.15) is 35.8 Å². The second-order valence-corrected chi connectivity index (χ2v) is 5.91. The van der Waals surface area contributed by atoms with E-state index in [1.807, 2.05) is 0 Å². The van der Waals surface area contributed by atoms with Crippen molar-refractivity contribution in [3.63, 3.8) is 0 Å². The van der Waals surface area contributed by atoms with E-state index in [9.17, 15) is 14.0 Å². The van der Waals surface area contributed by atoms with E-state index in [-0.39, 0.29) is 5.82 Å². The molecule has 23 heavy (non-hydrogen) atoms. The van der Waals surface area contributed by atoms with Crippen molar-refractivity contribution in [3.05, 3.63) is 35.3 Å². The Morgan fingerprint density at radius 3 is 2.83 bits per heavy atom. The van der Waals surface area contributed by atoms with E-state index in [1.165, 1.54) is 22.8 Å². The fraction of sp³-hybridized carbons (Fsp3) is 0.412. The van der Waals surface area contributed by atoms with Crippen LogP contribution in [0.4, 0.5) is 4.39 Å². The van der Waals surface area contributed by atoms with Gasteiger partial charge in [0, 0.05) is 24.2 Å². The van der Waals surface area contributed by atoms with Crippen LogP contribution in [-0.4, -0.2) is 39.5 Å². The van der Waals surface area contributed by atoms with E-state index in [2.05, 4.69) is 11.8 Å². The van der Waals surface area contributed by atoms with Crippen LogP contribution in [0.5, 0.6) is 0 Å². The smallest absolute Gasteiger partial charge is 0.395 e. The molecule has 3 rings (SSSR count). The number of nitrogens with zero attached hydrogens (tertiary/aromatic N) is 2. The van der Waals surface area contributed by atoms with Crippen molar-refractivity contribution in [2.45, 2.75) is 32.7 Å². The number of fused-ring (bicyclic) bond motifs is 3. The van der Waals surface area contributed by atoms with Gasteiger partial charge in [0.1, 0.15) is 5.82 Å². The van der Waals surface area contributed by atoms with Crippen molar-refractivity contribution < 1.29 is 19.1 Å². The van der Waals surface area contributed by atoms with Crippen LogP contribution in [0.15, 0.2) is 18.2 Å². The van der Waals surface area contributed by atoms with E-state index < -0.39 is 11.9 Å². The SMILES string of the molecule is CCCCN1CCc2c(n(C(=O)C(=O)O)c3ccc(F)cc23)C1. The number of carboxylic acids is 1. The minimum atomic E-state index is -1.50. The van der Waals surface area contributed by atoms with Crippen molar-refractivity contribution in [2.24, 2.45) is 0 Å². The summed E-state index contributed by atoms with van der Waals surface area (Å²) in [6, 6.07) is 4.13. The molecule has 0 bridgehead atoms. The lowest BCUT2D eigenvalue weighted by Gasteiger charge is -2.27. The molecule has 0 amide bonds. The van der Waals surface area contributed by atoms with Gasteiger partial charge in [-0.1, -0.05) is 13.3 Å². The molecule has 122 valence electrons. The number of rotatable bonds is 3. The van der Waals surface area contributed by atoms with Gasteiger partial charge >= 0.3 is 11.9 Å². The number of unbranched alkanes of at least 4 members (excludes halogenated alkanes) is 1. The summed E-state index contributed by atoms with van der Waals surface area (Å²) >= 11 is 0. The van der Waals surface area contributed by atoms with E-state index in [0.29, 0.717) is 29.6 Å². The monoisotopic (exact) mass is 318 g/mol. The first-order valence-corrected chi connectivity index (χ1v) is 7.84. The largest absolute Gasteiger partial charge is 0.474 e. The lowest BCUT2D eigenvalue weighted by atomic mass is 10.0. The minimum Gasteiger partial charge on any atom is -0.474 e. The number of aromatic nitrogens is 1. The zero-order valence-corrected chi connectivity index (χ0v) is 13.0. The molecule has 0 radical (unpaired) electrons.